The van der Waals surface area contributed by atoms with Crippen LogP contribution in [0.4, 0.5) is 4.39 Å². The van der Waals surface area contributed by atoms with Crippen molar-refractivity contribution in [2.45, 2.75) is 51.9 Å². The van der Waals surface area contributed by atoms with E-state index in [1.165, 1.54) is 25.7 Å². The number of benzene rings is 1. The zero-order valence-electron chi connectivity index (χ0n) is 13.7. The molecule has 120 valence electrons. The molecular weight excluding hydrogens is 287 g/mol. The Morgan fingerprint density at radius 2 is 1.61 bits per heavy atom. The van der Waals surface area contributed by atoms with E-state index < -0.39 is 0 Å². The quantitative estimate of drug-likeness (QED) is 0.562. The number of halogens is 1. The van der Waals surface area contributed by atoms with Crippen LogP contribution in [-0.2, 0) is 4.79 Å². The summed E-state index contributed by atoms with van der Waals surface area (Å²) in [6.45, 7) is 2.21. The van der Waals surface area contributed by atoms with E-state index in [1.54, 1.807) is 6.07 Å². The highest BCUT2D eigenvalue weighted by atomic mass is 19.1. The molecule has 0 saturated heterocycles. The number of carbonyl (C=O) groups is 1. The van der Waals surface area contributed by atoms with Crippen LogP contribution in [0.1, 0.15) is 63.0 Å². The summed E-state index contributed by atoms with van der Waals surface area (Å²) in [7, 11) is 0. The molecule has 0 amide bonds. The number of hydrogen-bond acceptors (Lipinski definition) is 1. The Kier molecular flexibility index (Phi) is 4.90. The molecule has 0 unspecified atom stereocenters. The fraction of sp³-hybridized carbons (Fsp3) is 0.381. The number of allylic oxidation sites excluding steroid dienone is 5. The van der Waals surface area contributed by atoms with E-state index in [9.17, 15) is 9.18 Å². The molecule has 0 saturated carbocycles. The van der Waals surface area contributed by atoms with Gasteiger partial charge >= 0.3 is 0 Å². The first-order valence-electron chi connectivity index (χ1n) is 8.69. The Morgan fingerprint density at radius 3 is 2.39 bits per heavy atom. The number of fused-ring (bicyclic) bond motifs is 3. The van der Waals surface area contributed by atoms with Crippen LogP contribution in [0.15, 0.2) is 47.6 Å². The van der Waals surface area contributed by atoms with Gasteiger partial charge in [0.1, 0.15) is 5.83 Å². The first-order valence-corrected chi connectivity index (χ1v) is 8.69. The lowest BCUT2D eigenvalue weighted by atomic mass is 9.88. The van der Waals surface area contributed by atoms with E-state index in [-0.39, 0.29) is 17.2 Å². The monoisotopic (exact) mass is 310 g/mol. The summed E-state index contributed by atoms with van der Waals surface area (Å²) in [5.41, 5.74) is 3.16. The fourth-order valence-electron chi connectivity index (χ4n) is 3.40. The van der Waals surface area contributed by atoms with Crippen molar-refractivity contribution < 1.29 is 9.18 Å². The smallest absolute Gasteiger partial charge is 0.192 e. The van der Waals surface area contributed by atoms with E-state index >= 15 is 0 Å². The lowest BCUT2D eigenvalue weighted by Gasteiger charge is -2.13. The highest BCUT2D eigenvalue weighted by Gasteiger charge is 2.33. The van der Waals surface area contributed by atoms with Crippen molar-refractivity contribution in [1.29, 1.82) is 0 Å². The molecule has 0 atom stereocenters. The van der Waals surface area contributed by atoms with Gasteiger partial charge in [-0.1, -0.05) is 75.4 Å². The van der Waals surface area contributed by atoms with E-state index in [1.807, 2.05) is 30.4 Å². The first-order chi connectivity index (χ1) is 11.2. The van der Waals surface area contributed by atoms with E-state index in [4.69, 9.17) is 0 Å². The minimum atomic E-state index is -0.356. The maximum atomic E-state index is 14.6. The van der Waals surface area contributed by atoms with Crippen LogP contribution in [-0.4, -0.2) is 5.78 Å². The Morgan fingerprint density at radius 1 is 0.913 bits per heavy atom. The van der Waals surface area contributed by atoms with Crippen molar-refractivity contribution in [3.63, 3.8) is 0 Å². The van der Waals surface area contributed by atoms with E-state index in [0.29, 0.717) is 5.56 Å². The van der Waals surface area contributed by atoms with Crippen molar-refractivity contribution in [1.82, 2.24) is 0 Å². The second-order valence-corrected chi connectivity index (χ2v) is 6.35. The van der Waals surface area contributed by atoms with Gasteiger partial charge in [0, 0.05) is 11.1 Å². The van der Waals surface area contributed by atoms with Crippen LogP contribution in [0.2, 0.25) is 0 Å². The number of Topliss-reactive ketones (excluding diaryl/α,β-unsaturated/α-hetero) is 1. The fourth-order valence-corrected chi connectivity index (χ4v) is 3.40. The van der Waals surface area contributed by atoms with Gasteiger partial charge in [-0.15, -0.1) is 0 Å². The second-order valence-electron chi connectivity index (χ2n) is 6.35. The third-order valence-electron chi connectivity index (χ3n) is 4.71. The van der Waals surface area contributed by atoms with Crippen molar-refractivity contribution in [2.75, 3.05) is 0 Å². The number of rotatable bonds is 7. The Bertz CT molecular complexity index is 706. The number of hydrogen-bond donors (Lipinski definition) is 0. The molecule has 2 heteroatoms. The van der Waals surface area contributed by atoms with Gasteiger partial charge in [-0.05, 0) is 24.0 Å². The molecule has 0 heterocycles. The third-order valence-corrected chi connectivity index (χ3v) is 4.71. The largest absolute Gasteiger partial charge is 0.289 e. The van der Waals surface area contributed by atoms with Gasteiger partial charge in [0.2, 0.25) is 0 Å². The van der Waals surface area contributed by atoms with Gasteiger partial charge < -0.3 is 0 Å². The summed E-state index contributed by atoms with van der Waals surface area (Å²) in [4.78, 5) is 12.6. The minimum absolute atomic E-state index is 0.121. The van der Waals surface area contributed by atoms with Gasteiger partial charge in [0.15, 0.2) is 5.78 Å². The van der Waals surface area contributed by atoms with Crippen LogP contribution >= 0.6 is 0 Å². The van der Waals surface area contributed by atoms with Gasteiger partial charge in [-0.25, -0.2) is 4.39 Å². The molecule has 0 spiro atoms. The molecule has 2 aliphatic carbocycles. The Hall–Kier alpha value is -1.96. The van der Waals surface area contributed by atoms with Crippen molar-refractivity contribution >= 4 is 17.2 Å². The third kappa shape index (κ3) is 3.08. The molecule has 0 bridgehead atoms. The minimum Gasteiger partial charge on any atom is -0.289 e. The molecule has 0 aromatic heterocycles. The highest BCUT2D eigenvalue weighted by molar-refractivity contribution is 6.27. The summed E-state index contributed by atoms with van der Waals surface area (Å²) in [6.07, 6.45) is 11.7. The van der Waals surface area contributed by atoms with Gasteiger partial charge in [0.25, 0.3) is 0 Å². The zero-order valence-corrected chi connectivity index (χ0v) is 13.7. The van der Waals surface area contributed by atoms with E-state index in [2.05, 4.69) is 6.92 Å². The maximum absolute atomic E-state index is 14.6. The average molecular weight is 310 g/mol. The molecule has 0 aliphatic heterocycles. The predicted octanol–water partition coefficient (Wildman–Crippen LogP) is 6.02. The number of ketones is 1. The van der Waals surface area contributed by atoms with Crippen LogP contribution in [0.25, 0.3) is 11.4 Å². The molecule has 23 heavy (non-hydrogen) atoms. The normalized spacial score (nSPS) is 16.2. The SMILES string of the molecule is CCCCCCCCC1=CC=C2C(=C(F)c3ccccc32)C1=O. The Labute approximate surface area is 137 Å². The van der Waals surface area contributed by atoms with Gasteiger partial charge in [0.05, 0.1) is 5.57 Å². The van der Waals surface area contributed by atoms with Crippen LogP contribution in [0, 0.1) is 0 Å². The molecule has 0 fully saturated rings. The van der Waals surface area contributed by atoms with Crippen molar-refractivity contribution in [2.24, 2.45) is 0 Å². The standard InChI is InChI=1S/C21H23FO/c1-2-3-4-5-6-7-10-15-13-14-17-16-11-8-9-12-18(16)20(22)19(17)21(15)23/h8-9,11-14H,2-7,10H2,1H3. The topological polar surface area (TPSA) is 17.1 Å². The van der Waals surface area contributed by atoms with Crippen LogP contribution < -0.4 is 0 Å². The summed E-state index contributed by atoms with van der Waals surface area (Å²) in [6, 6.07) is 7.33. The maximum Gasteiger partial charge on any atom is 0.192 e. The van der Waals surface area contributed by atoms with E-state index in [0.717, 1.165) is 36.0 Å². The Balaban J connectivity index is 1.69. The number of unbranched alkanes of at least 4 members (excludes halogenated alkanes) is 5. The lowest BCUT2D eigenvalue weighted by molar-refractivity contribution is -0.112. The molecular formula is C21H23FO. The lowest BCUT2D eigenvalue weighted by Crippen LogP contribution is -2.10. The average Bonchev–Trinajstić information content (AvgIpc) is 2.86. The molecule has 0 N–H and O–H groups in total. The van der Waals surface area contributed by atoms with Gasteiger partial charge in [-0.3, -0.25) is 4.79 Å². The molecule has 1 aromatic carbocycles. The second kappa shape index (κ2) is 7.08. The number of carbonyl (C=O) groups excluding carboxylic acids is 1. The van der Waals surface area contributed by atoms with Crippen LogP contribution in [0.3, 0.4) is 0 Å². The van der Waals surface area contributed by atoms with Crippen molar-refractivity contribution in [3.8, 4) is 0 Å². The van der Waals surface area contributed by atoms with Crippen LogP contribution in [0.5, 0.6) is 0 Å². The molecule has 1 nitrogen and oxygen atoms in total. The van der Waals surface area contributed by atoms with Crippen molar-refractivity contribution in [3.05, 3.63) is 58.7 Å². The highest BCUT2D eigenvalue weighted by Crippen LogP contribution is 2.45. The van der Waals surface area contributed by atoms with Gasteiger partial charge in [-0.2, -0.15) is 0 Å². The summed E-state index contributed by atoms with van der Waals surface area (Å²) >= 11 is 0. The summed E-state index contributed by atoms with van der Waals surface area (Å²) in [5, 5.41) is 0. The molecule has 0 radical (unpaired) electrons. The summed E-state index contributed by atoms with van der Waals surface area (Å²) < 4.78 is 14.6. The molecule has 1 aromatic rings. The molecule has 2 aliphatic rings. The summed E-state index contributed by atoms with van der Waals surface area (Å²) in [5.74, 6) is -0.477. The first kappa shape index (κ1) is 15.9. The molecule has 3 rings (SSSR count). The zero-order chi connectivity index (χ0) is 16.2. The predicted molar refractivity (Wildman–Crippen MR) is 93.5 cm³/mol.